The maximum Gasteiger partial charge on any atom is 0.253 e. The van der Waals surface area contributed by atoms with Crippen molar-refractivity contribution in [2.75, 3.05) is 23.8 Å². The molecule has 2 rings (SSSR count). The van der Waals surface area contributed by atoms with Gasteiger partial charge in [-0.2, -0.15) is 23.5 Å². The van der Waals surface area contributed by atoms with E-state index in [0.717, 1.165) is 11.5 Å². The zero-order valence-corrected chi connectivity index (χ0v) is 9.27. The fourth-order valence-corrected chi connectivity index (χ4v) is 4.11. The lowest BCUT2D eigenvalue weighted by molar-refractivity contribution is -0.136. The van der Waals surface area contributed by atoms with E-state index in [9.17, 15) is 9.59 Å². The number of carbonyl (C=O) groups is 2. The molecule has 3 nitrogen and oxygen atoms in total. The van der Waals surface area contributed by atoms with E-state index >= 15 is 0 Å². The van der Waals surface area contributed by atoms with Crippen molar-refractivity contribution in [3.63, 3.8) is 0 Å². The van der Waals surface area contributed by atoms with Gasteiger partial charge in [0.15, 0.2) is 0 Å². The molecular formula is C9H11NO2S2. The van der Waals surface area contributed by atoms with Gasteiger partial charge in [0, 0.05) is 41.2 Å². The quantitative estimate of drug-likeness (QED) is 0.655. The van der Waals surface area contributed by atoms with E-state index in [1.165, 1.54) is 22.8 Å². The highest BCUT2D eigenvalue weighted by Gasteiger charge is 2.27. The Balaban J connectivity index is 1.90. The minimum absolute atomic E-state index is 0.161. The van der Waals surface area contributed by atoms with Gasteiger partial charge in [-0.15, -0.1) is 0 Å². The highest BCUT2D eigenvalue weighted by Crippen LogP contribution is 2.25. The molecule has 1 atom stereocenters. The number of thioether (sulfide) groups is 2. The number of hydrogen-bond donors (Lipinski definition) is 0. The first-order valence-electron chi connectivity index (χ1n) is 4.50. The predicted octanol–water partition coefficient (Wildman–Crippen LogP) is 0.760. The Labute approximate surface area is 91.3 Å². The summed E-state index contributed by atoms with van der Waals surface area (Å²) in [7, 11) is 0. The fourth-order valence-electron chi connectivity index (χ4n) is 1.46. The van der Waals surface area contributed by atoms with Crippen LogP contribution >= 0.6 is 23.5 Å². The molecule has 0 saturated carbocycles. The van der Waals surface area contributed by atoms with Crippen LogP contribution in [0.15, 0.2) is 12.2 Å². The molecule has 2 amide bonds. The van der Waals surface area contributed by atoms with Gasteiger partial charge in [0.25, 0.3) is 11.8 Å². The summed E-state index contributed by atoms with van der Waals surface area (Å²) in [6, 6.07) is 0. The average Bonchev–Trinajstić information content (AvgIpc) is 2.51. The largest absolute Gasteiger partial charge is 0.274 e. The molecular weight excluding hydrogens is 218 g/mol. The van der Waals surface area contributed by atoms with E-state index in [1.54, 1.807) is 0 Å². The first kappa shape index (κ1) is 10.1. The van der Waals surface area contributed by atoms with Crippen LogP contribution in [0.2, 0.25) is 0 Å². The molecule has 0 spiro atoms. The van der Waals surface area contributed by atoms with Gasteiger partial charge < -0.3 is 0 Å². The minimum atomic E-state index is -0.161. The van der Waals surface area contributed by atoms with Gasteiger partial charge in [0.05, 0.1) is 0 Å². The highest BCUT2D eigenvalue weighted by atomic mass is 32.2. The van der Waals surface area contributed by atoms with Crippen molar-refractivity contribution < 1.29 is 9.59 Å². The van der Waals surface area contributed by atoms with Crippen LogP contribution in [0.25, 0.3) is 0 Å². The normalized spacial score (nSPS) is 27.4. The van der Waals surface area contributed by atoms with Gasteiger partial charge in [-0.1, -0.05) is 0 Å². The molecule has 0 radical (unpaired) electrons. The summed E-state index contributed by atoms with van der Waals surface area (Å²) in [5, 5.41) is 0.418. The number of imide groups is 1. The first-order valence-corrected chi connectivity index (χ1v) is 6.70. The van der Waals surface area contributed by atoms with Gasteiger partial charge >= 0.3 is 0 Å². The second-order valence-electron chi connectivity index (χ2n) is 3.19. The fraction of sp³-hybridized carbons (Fsp3) is 0.556. The van der Waals surface area contributed by atoms with Crippen LogP contribution in [-0.2, 0) is 9.59 Å². The molecule has 2 aliphatic heterocycles. The van der Waals surface area contributed by atoms with E-state index < -0.39 is 0 Å². The number of amides is 2. The number of nitrogens with zero attached hydrogens (tertiary/aromatic N) is 1. The number of hydrogen-bond acceptors (Lipinski definition) is 4. The van der Waals surface area contributed by atoms with Crippen molar-refractivity contribution in [3.8, 4) is 0 Å². The van der Waals surface area contributed by atoms with Crippen molar-refractivity contribution in [2.24, 2.45) is 0 Å². The van der Waals surface area contributed by atoms with E-state index in [0.29, 0.717) is 11.8 Å². The smallest absolute Gasteiger partial charge is 0.253 e. The molecule has 0 aromatic rings. The van der Waals surface area contributed by atoms with E-state index in [-0.39, 0.29) is 11.8 Å². The third-order valence-corrected chi connectivity index (χ3v) is 5.00. The maximum atomic E-state index is 11.3. The topological polar surface area (TPSA) is 37.4 Å². The summed E-state index contributed by atoms with van der Waals surface area (Å²) >= 11 is 3.76. The lowest BCUT2D eigenvalue weighted by atomic mass is 10.4. The van der Waals surface area contributed by atoms with E-state index in [4.69, 9.17) is 0 Å². The summed E-state index contributed by atoms with van der Waals surface area (Å²) < 4.78 is 0. The van der Waals surface area contributed by atoms with Crippen LogP contribution in [0, 0.1) is 0 Å². The summed E-state index contributed by atoms with van der Waals surface area (Å²) in [6.45, 7) is 0.572. The molecule has 0 bridgehead atoms. The monoisotopic (exact) mass is 229 g/mol. The second-order valence-corrected chi connectivity index (χ2v) is 5.75. The molecule has 2 heterocycles. The van der Waals surface area contributed by atoms with Crippen molar-refractivity contribution in [2.45, 2.75) is 5.25 Å². The second kappa shape index (κ2) is 4.40. The highest BCUT2D eigenvalue weighted by molar-refractivity contribution is 8.06. The Morgan fingerprint density at radius 1 is 1.29 bits per heavy atom. The van der Waals surface area contributed by atoms with Crippen molar-refractivity contribution in [1.82, 2.24) is 4.90 Å². The molecule has 14 heavy (non-hydrogen) atoms. The van der Waals surface area contributed by atoms with Crippen LogP contribution in [0.4, 0.5) is 0 Å². The van der Waals surface area contributed by atoms with E-state index in [2.05, 4.69) is 0 Å². The van der Waals surface area contributed by atoms with Crippen LogP contribution in [-0.4, -0.2) is 45.8 Å². The minimum Gasteiger partial charge on any atom is -0.274 e. The standard InChI is InChI=1S/C9H11NO2S2/c11-8-1-2-9(12)10(8)5-7-6-13-3-4-14-7/h1-2,7H,3-6H2. The van der Waals surface area contributed by atoms with Crippen LogP contribution in [0.1, 0.15) is 0 Å². The van der Waals surface area contributed by atoms with Gasteiger partial charge in [-0.3, -0.25) is 14.5 Å². The molecule has 0 aromatic heterocycles. The Hall–Kier alpha value is -0.420. The summed E-state index contributed by atoms with van der Waals surface area (Å²) in [5.41, 5.74) is 0. The van der Waals surface area contributed by atoms with Crippen LogP contribution < -0.4 is 0 Å². The zero-order valence-electron chi connectivity index (χ0n) is 7.64. The predicted molar refractivity (Wildman–Crippen MR) is 59.4 cm³/mol. The van der Waals surface area contributed by atoms with Gasteiger partial charge in [-0.25, -0.2) is 0 Å². The molecule has 1 saturated heterocycles. The Kier molecular flexibility index (Phi) is 3.18. The van der Waals surface area contributed by atoms with Crippen molar-refractivity contribution >= 4 is 35.3 Å². The summed E-state index contributed by atoms with van der Waals surface area (Å²) in [5.74, 6) is 3.03. The molecule has 5 heteroatoms. The molecule has 2 aliphatic rings. The lowest BCUT2D eigenvalue weighted by Crippen LogP contribution is -2.37. The third-order valence-electron chi connectivity index (χ3n) is 2.17. The molecule has 1 unspecified atom stereocenters. The first-order chi connectivity index (χ1) is 6.77. The van der Waals surface area contributed by atoms with Gasteiger partial charge in [-0.05, 0) is 0 Å². The van der Waals surface area contributed by atoms with Crippen molar-refractivity contribution in [3.05, 3.63) is 12.2 Å². The SMILES string of the molecule is O=C1C=CC(=O)N1CC1CSCCS1. The molecule has 1 fully saturated rings. The number of carbonyl (C=O) groups excluding carboxylic acids is 2. The Morgan fingerprint density at radius 3 is 2.57 bits per heavy atom. The number of rotatable bonds is 2. The summed E-state index contributed by atoms with van der Waals surface area (Å²) in [6.07, 6.45) is 2.70. The third kappa shape index (κ3) is 2.15. The van der Waals surface area contributed by atoms with Crippen molar-refractivity contribution in [1.29, 1.82) is 0 Å². The Morgan fingerprint density at radius 2 is 2.00 bits per heavy atom. The molecule has 76 valence electrons. The van der Waals surface area contributed by atoms with Crippen LogP contribution in [0.5, 0.6) is 0 Å². The van der Waals surface area contributed by atoms with Gasteiger partial charge in [0.2, 0.25) is 0 Å². The summed E-state index contributed by atoms with van der Waals surface area (Å²) in [4.78, 5) is 23.9. The zero-order chi connectivity index (χ0) is 9.97. The Bertz CT molecular complexity index is 267. The average molecular weight is 229 g/mol. The lowest BCUT2D eigenvalue weighted by Gasteiger charge is -2.24. The van der Waals surface area contributed by atoms with Crippen LogP contribution in [0.3, 0.4) is 0 Å². The van der Waals surface area contributed by atoms with Gasteiger partial charge in [0.1, 0.15) is 0 Å². The van der Waals surface area contributed by atoms with E-state index in [1.807, 2.05) is 23.5 Å². The molecule has 0 aliphatic carbocycles. The molecule has 0 aromatic carbocycles. The maximum absolute atomic E-state index is 11.3. The molecule has 0 N–H and O–H groups in total.